The van der Waals surface area contributed by atoms with Crippen molar-refractivity contribution in [3.05, 3.63) is 59.7 Å². The number of aliphatic hydroxyl groups excluding tert-OH is 9. The molecule has 290 valence electrons. The van der Waals surface area contributed by atoms with E-state index in [0.717, 1.165) is 0 Å². The third-order valence-corrected chi connectivity index (χ3v) is 8.55. The van der Waals surface area contributed by atoms with E-state index in [0.29, 0.717) is 11.1 Å². The monoisotopic (exact) mass is 742 g/mol. The molecule has 0 unspecified atom stereocenters. The van der Waals surface area contributed by atoms with Crippen LogP contribution in [0.1, 0.15) is 31.4 Å². The summed E-state index contributed by atoms with van der Waals surface area (Å²) in [7, 11) is 0. The standard InChI is InChI=1S/C34H46O18/c1-16(2)11-34(46,33(45)48-15-18-5-9-20(10-6-18)50-32-28(42)26(40)24(38)22(13-36)52-32)29(43)30(44)47-14-17-3-7-19(8-4-17)49-31-27(41)25(39)23(37)21(12-35)51-31/h3-10,16,21-29,31-32,35-43,46H,11-15H2,1-2H3/t21-,22+,23-,24+,25+,26-,27-,28+,29+,31-,32+,34+/m0/s1. The van der Waals surface area contributed by atoms with E-state index in [-0.39, 0.29) is 30.4 Å². The molecule has 2 saturated heterocycles. The molecule has 0 aliphatic carbocycles. The molecule has 4 rings (SSSR count). The molecule has 2 fully saturated rings. The van der Waals surface area contributed by atoms with Gasteiger partial charge in [-0.1, -0.05) is 38.1 Å². The Morgan fingerprint density at radius 1 is 0.673 bits per heavy atom. The normalized spacial score (nSPS) is 30.9. The highest BCUT2D eigenvalue weighted by Gasteiger charge is 2.50. The van der Waals surface area contributed by atoms with Gasteiger partial charge < -0.3 is 79.5 Å². The van der Waals surface area contributed by atoms with Gasteiger partial charge in [0.15, 0.2) is 11.7 Å². The number of hydrogen-bond donors (Lipinski definition) is 10. The molecule has 52 heavy (non-hydrogen) atoms. The Balaban J connectivity index is 1.31. The van der Waals surface area contributed by atoms with E-state index in [1.165, 1.54) is 48.5 Å². The second kappa shape index (κ2) is 18.0. The molecular formula is C34H46O18. The van der Waals surface area contributed by atoms with Gasteiger partial charge in [-0.15, -0.1) is 0 Å². The minimum Gasteiger partial charge on any atom is -0.462 e. The first-order valence-corrected chi connectivity index (χ1v) is 16.5. The summed E-state index contributed by atoms with van der Waals surface area (Å²) >= 11 is 0. The fourth-order valence-electron chi connectivity index (χ4n) is 5.56. The molecular weight excluding hydrogens is 696 g/mol. The predicted octanol–water partition coefficient (Wildman–Crippen LogP) is -3.03. The summed E-state index contributed by atoms with van der Waals surface area (Å²) in [6.07, 6.45) is -17.5. The average Bonchev–Trinajstić information content (AvgIpc) is 3.13. The van der Waals surface area contributed by atoms with Crippen LogP contribution in [0, 0.1) is 5.92 Å². The van der Waals surface area contributed by atoms with Crippen LogP contribution in [0.15, 0.2) is 48.5 Å². The van der Waals surface area contributed by atoms with Gasteiger partial charge >= 0.3 is 11.9 Å². The Kier molecular flexibility index (Phi) is 14.3. The molecule has 0 saturated carbocycles. The van der Waals surface area contributed by atoms with Crippen molar-refractivity contribution in [2.45, 2.75) is 107 Å². The van der Waals surface area contributed by atoms with Gasteiger partial charge in [-0.2, -0.15) is 0 Å². The quantitative estimate of drug-likeness (QED) is 0.0812. The molecule has 0 radical (unpaired) electrons. The first-order valence-electron chi connectivity index (χ1n) is 16.5. The Hall–Kier alpha value is -3.50. The number of rotatable bonds is 15. The van der Waals surface area contributed by atoms with Crippen LogP contribution < -0.4 is 9.47 Å². The lowest BCUT2D eigenvalue weighted by atomic mass is 9.87. The Morgan fingerprint density at radius 2 is 1.08 bits per heavy atom. The van der Waals surface area contributed by atoms with Gasteiger partial charge in [0, 0.05) is 0 Å². The maximum absolute atomic E-state index is 13.1. The molecule has 0 spiro atoms. The van der Waals surface area contributed by atoms with Crippen LogP contribution in [0.25, 0.3) is 0 Å². The zero-order chi connectivity index (χ0) is 38.3. The largest absolute Gasteiger partial charge is 0.462 e. The van der Waals surface area contributed by atoms with Crippen LogP contribution in [0.3, 0.4) is 0 Å². The van der Waals surface area contributed by atoms with E-state index in [9.17, 15) is 60.7 Å². The van der Waals surface area contributed by atoms with Crippen molar-refractivity contribution >= 4 is 11.9 Å². The molecule has 18 heteroatoms. The van der Waals surface area contributed by atoms with Crippen LogP contribution in [-0.2, 0) is 41.8 Å². The summed E-state index contributed by atoms with van der Waals surface area (Å²) in [4.78, 5) is 26.0. The van der Waals surface area contributed by atoms with Gasteiger partial charge in [0.25, 0.3) is 0 Å². The number of esters is 2. The van der Waals surface area contributed by atoms with Crippen molar-refractivity contribution in [3.8, 4) is 11.5 Å². The number of carbonyl (C=O) groups excluding carboxylic acids is 2. The predicted molar refractivity (Wildman–Crippen MR) is 172 cm³/mol. The Bertz CT molecular complexity index is 1430. The fraction of sp³-hybridized carbons (Fsp3) is 0.588. The third kappa shape index (κ3) is 9.72. The van der Waals surface area contributed by atoms with Crippen LogP contribution in [0.4, 0.5) is 0 Å². The highest BCUT2D eigenvalue weighted by atomic mass is 16.7. The molecule has 0 amide bonds. The average molecular weight is 743 g/mol. The highest BCUT2D eigenvalue weighted by molar-refractivity contribution is 5.89. The van der Waals surface area contributed by atoms with Gasteiger partial charge in [0.2, 0.25) is 12.6 Å². The zero-order valence-electron chi connectivity index (χ0n) is 28.3. The summed E-state index contributed by atoms with van der Waals surface area (Å²) < 4.78 is 32.1. The number of ether oxygens (including phenoxy) is 6. The second-order valence-electron chi connectivity index (χ2n) is 13.0. The van der Waals surface area contributed by atoms with Gasteiger partial charge in [-0.25, -0.2) is 9.59 Å². The van der Waals surface area contributed by atoms with E-state index >= 15 is 0 Å². The SMILES string of the molecule is CC(C)C[C@](O)(C(=O)OCc1ccc(O[C@@H]2O[C@H](CO)[C@@H](O)[C@H](O)[C@H]2O)cc1)[C@H](O)C(=O)OCc1ccc(O[C@H]2O[C@@H](CO)[C@H](O)[C@@H](O)[C@@H]2O)cc1. The lowest BCUT2D eigenvalue weighted by Gasteiger charge is -2.39. The van der Waals surface area contributed by atoms with Crippen molar-refractivity contribution in [3.63, 3.8) is 0 Å². The maximum Gasteiger partial charge on any atom is 0.341 e. The topological polar surface area (TPSA) is 292 Å². The molecule has 2 aromatic rings. The van der Waals surface area contributed by atoms with Crippen LogP contribution in [0.5, 0.6) is 11.5 Å². The van der Waals surface area contributed by atoms with Gasteiger partial charge in [0.1, 0.15) is 73.5 Å². The minimum atomic E-state index is -2.68. The Morgan fingerprint density at radius 3 is 1.46 bits per heavy atom. The van der Waals surface area contributed by atoms with Gasteiger partial charge in [0.05, 0.1) is 13.2 Å². The fourth-order valence-corrected chi connectivity index (χ4v) is 5.56. The molecule has 2 aromatic carbocycles. The number of carbonyl (C=O) groups is 2. The van der Waals surface area contributed by atoms with E-state index in [1.807, 2.05) is 0 Å². The molecule has 18 nitrogen and oxygen atoms in total. The van der Waals surface area contributed by atoms with Crippen molar-refractivity contribution < 1.29 is 89.1 Å². The highest BCUT2D eigenvalue weighted by Crippen LogP contribution is 2.28. The summed E-state index contributed by atoms with van der Waals surface area (Å²) in [5.41, 5.74) is -1.88. The van der Waals surface area contributed by atoms with Crippen LogP contribution in [-0.4, -0.2) is 149 Å². The molecule has 0 bridgehead atoms. The first kappa shape index (κ1) is 41.3. The third-order valence-electron chi connectivity index (χ3n) is 8.55. The van der Waals surface area contributed by atoms with Gasteiger partial charge in [-0.05, 0) is 47.7 Å². The summed E-state index contributed by atoms with van der Waals surface area (Å²) in [6, 6.07) is 11.6. The van der Waals surface area contributed by atoms with E-state index in [4.69, 9.17) is 28.4 Å². The van der Waals surface area contributed by atoms with Crippen molar-refractivity contribution in [1.29, 1.82) is 0 Å². The number of hydrogen-bond acceptors (Lipinski definition) is 18. The van der Waals surface area contributed by atoms with Crippen molar-refractivity contribution in [2.75, 3.05) is 13.2 Å². The maximum atomic E-state index is 13.1. The molecule has 10 N–H and O–H groups in total. The first-order chi connectivity index (χ1) is 24.6. The van der Waals surface area contributed by atoms with Crippen LogP contribution in [0.2, 0.25) is 0 Å². The summed E-state index contributed by atoms with van der Waals surface area (Å²) in [6.45, 7) is 1.26. The Labute approximate surface area is 297 Å². The van der Waals surface area contributed by atoms with E-state index < -0.39 is 105 Å². The molecule has 0 aromatic heterocycles. The summed E-state index contributed by atoms with van der Waals surface area (Å²) in [5, 5.41) is 101. The molecule has 2 aliphatic heterocycles. The minimum absolute atomic E-state index is 0.157. The summed E-state index contributed by atoms with van der Waals surface area (Å²) in [5.74, 6) is -2.66. The van der Waals surface area contributed by atoms with Gasteiger partial charge in [-0.3, -0.25) is 0 Å². The van der Waals surface area contributed by atoms with Crippen molar-refractivity contribution in [1.82, 2.24) is 0 Å². The number of aliphatic hydroxyl groups is 10. The second-order valence-corrected chi connectivity index (χ2v) is 13.0. The zero-order valence-corrected chi connectivity index (χ0v) is 28.3. The molecule has 2 heterocycles. The lowest BCUT2D eigenvalue weighted by Crippen LogP contribution is -2.60. The van der Waals surface area contributed by atoms with Crippen LogP contribution >= 0.6 is 0 Å². The van der Waals surface area contributed by atoms with E-state index in [2.05, 4.69) is 0 Å². The smallest absolute Gasteiger partial charge is 0.341 e. The molecule has 12 atom stereocenters. The van der Waals surface area contributed by atoms with E-state index in [1.54, 1.807) is 13.8 Å². The molecule has 2 aliphatic rings. The lowest BCUT2D eigenvalue weighted by molar-refractivity contribution is -0.277. The van der Waals surface area contributed by atoms with Crippen molar-refractivity contribution in [2.24, 2.45) is 5.92 Å². The number of benzene rings is 2.